The first-order valence-corrected chi connectivity index (χ1v) is 8.38. The van der Waals surface area contributed by atoms with Crippen molar-refractivity contribution in [1.29, 1.82) is 0 Å². The largest absolute Gasteiger partial charge is 0.493 e. The summed E-state index contributed by atoms with van der Waals surface area (Å²) in [7, 11) is 0. The third-order valence-electron chi connectivity index (χ3n) is 3.13. The molecule has 1 atom stereocenters. The Morgan fingerprint density at radius 2 is 1.90 bits per heavy atom. The van der Waals surface area contributed by atoms with E-state index >= 15 is 0 Å². The van der Waals surface area contributed by atoms with Crippen LogP contribution in [0.15, 0.2) is 45.3 Å². The van der Waals surface area contributed by atoms with Crippen LogP contribution < -0.4 is 4.74 Å². The standard InChI is InChI=1S/C16H15Br2ClO/c1-3-20-15-8-7-11(9-14(15)18)16(19)12-5-4-6-13(17)10(12)2/h4-9,16H,3H2,1-2H3. The lowest BCUT2D eigenvalue weighted by atomic mass is 10.00. The van der Waals surface area contributed by atoms with E-state index in [9.17, 15) is 0 Å². The van der Waals surface area contributed by atoms with Crippen molar-refractivity contribution in [2.75, 3.05) is 6.61 Å². The predicted molar refractivity (Wildman–Crippen MR) is 91.9 cm³/mol. The van der Waals surface area contributed by atoms with Gasteiger partial charge in [0.15, 0.2) is 0 Å². The smallest absolute Gasteiger partial charge is 0.133 e. The normalized spacial score (nSPS) is 12.2. The highest BCUT2D eigenvalue weighted by Gasteiger charge is 2.15. The summed E-state index contributed by atoms with van der Waals surface area (Å²) in [5, 5.41) is -0.181. The van der Waals surface area contributed by atoms with Crippen LogP contribution in [0.4, 0.5) is 0 Å². The van der Waals surface area contributed by atoms with Crippen LogP contribution in [-0.4, -0.2) is 6.61 Å². The molecule has 2 aromatic carbocycles. The molecule has 0 aliphatic rings. The van der Waals surface area contributed by atoms with Crippen LogP contribution in [0, 0.1) is 6.92 Å². The van der Waals surface area contributed by atoms with Gasteiger partial charge in [-0.3, -0.25) is 0 Å². The Labute approximate surface area is 141 Å². The molecule has 0 saturated heterocycles. The molecule has 0 amide bonds. The van der Waals surface area contributed by atoms with Crippen molar-refractivity contribution in [1.82, 2.24) is 0 Å². The lowest BCUT2D eigenvalue weighted by Gasteiger charge is -2.16. The number of halogens is 3. The van der Waals surface area contributed by atoms with Crippen molar-refractivity contribution in [3.63, 3.8) is 0 Å². The van der Waals surface area contributed by atoms with E-state index in [-0.39, 0.29) is 5.38 Å². The molecule has 20 heavy (non-hydrogen) atoms. The monoisotopic (exact) mass is 416 g/mol. The van der Waals surface area contributed by atoms with Gasteiger partial charge in [0, 0.05) is 4.47 Å². The number of rotatable bonds is 4. The van der Waals surface area contributed by atoms with E-state index < -0.39 is 0 Å². The molecule has 0 radical (unpaired) electrons. The Kier molecular flexibility index (Phi) is 5.53. The van der Waals surface area contributed by atoms with Crippen molar-refractivity contribution in [3.8, 4) is 5.75 Å². The minimum Gasteiger partial charge on any atom is -0.493 e. The molecule has 4 heteroatoms. The highest BCUT2D eigenvalue weighted by molar-refractivity contribution is 9.10. The number of hydrogen-bond acceptors (Lipinski definition) is 1. The van der Waals surface area contributed by atoms with Crippen LogP contribution in [0.25, 0.3) is 0 Å². The molecule has 0 heterocycles. The first-order chi connectivity index (χ1) is 9.54. The van der Waals surface area contributed by atoms with E-state index in [0.717, 1.165) is 31.4 Å². The lowest BCUT2D eigenvalue weighted by molar-refractivity contribution is 0.338. The third-order valence-corrected chi connectivity index (χ3v) is 5.10. The maximum Gasteiger partial charge on any atom is 0.133 e. The number of ether oxygens (including phenoxy) is 1. The molecular weight excluding hydrogens is 403 g/mol. The van der Waals surface area contributed by atoms with Gasteiger partial charge >= 0.3 is 0 Å². The Bertz CT molecular complexity index is 613. The molecule has 1 unspecified atom stereocenters. The summed E-state index contributed by atoms with van der Waals surface area (Å²) >= 11 is 13.7. The van der Waals surface area contributed by atoms with Crippen molar-refractivity contribution < 1.29 is 4.74 Å². The average molecular weight is 419 g/mol. The maximum atomic E-state index is 6.63. The SMILES string of the molecule is CCOc1ccc(C(Cl)c2cccc(Br)c2C)cc1Br. The highest BCUT2D eigenvalue weighted by Crippen LogP contribution is 2.36. The van der Waals surface area contributed by atoms with Crippen molar-refractivity contribution >= 4 is 43.5 Å². The molecule has 2 aromatic rings. The summed E-state index contributed by atoms with van der Waals surface area (Å²) in [5.74, 6) is 0.839. The first kappa shape index (κ1) is 15.9. The van der Waals surface area contributed by atoms with Gasteiger partial charge in [0.25, 0.3) is 0 Å². The van der Waals surface area contributed by atoms with Gasteiger partial charge in [-0.15, -0.1) is 11.6 Å². The Balaban J connectivity index is 2.36. The number of benzene rings is 2. The highest BCUT2D eigenvalue weighted by atomic mass is 79.9. The molecule has 0 bridgehead atoms. The molecule has 2 rings (SSSR count). The first-order valence-electron chi connectivity index (χ1n) is 6.36. The fraction of sp³-hybridized carbons (Fsp3) is 0.250. The molecular formula is C16H15Br2ClO. The van der Waals surface area contributed by atoms with Gasteiger partial charge in [-0.2, -0.15) is 0 Å². The molecule has 0 aliphatic carbocycles. The quantitative estimate of drug-likeness (QED) is 0.534. The zero-order valence-corrected chi connectivity index (χ0v) is 15.2. The molecule has 0 fully saturated rings. The summed E-state index contributed by atoms with van der Waals surface area (Å²) in [5.41, 5.74) is 3.32. The Morgan fingerprint density at radius 3 is 2.55 bits per heavy atom. The van der Waals surface area contributed by atoms with Crippen LogP contribution in [-0.2, 0) is 0 Å². The van der Waals surface area contributed by atoms with Crippen LogP contribution in [0.3, 0.4) is 0 Å². The second-order valence-electron chi connectivity index (χ2n) is 4.44. The zero-order chi connectivity index (χ0) is 14.7. The van der Waals surface area contributed by atoms with Gasteiger partial charge in [0.05, 0.1) is 16.5 Å². The molecule has 1 nitrogen and oxygen atoms in total. The summed E-state index contributed by atoms with van der Waals surface area (Å²) in [6, 6.07) is 12.1. The van der Waals surface area contributed by atoms with Gasteiger partial charge in [-0.05, 0) is 64.7 Å². The van der Waals surface area contributed by atoms with Crippen molar-refractivity contribution in [3.05, 3.63) is 62.0 Å². The van der Waals surface area contributed by atoms with E-state index in [2.05, 4.69) is 44.8 Å². The number of alkyl halides is 1. The molecule has 0 N–H and O–H groups in total. The summed E-state index contributed by atoms with van der Waals surface area (Å²) in [6.07, 6.45) is 0. The Hall–Kier alpha value is -0.510. The summed E-state index contributed by atoms with van der Waals surface area (Å²) in [6.45, 7) is 4.68. The van der Waals surface area contributed by atoms with Crippen molar-refractivity contribution in [2.24, 2.45) is 0 Å². The van der Waals surface area contributed by atoms with Gasteiger partial charge < -0.3 is 4.74 Å². The third kappa shape index (κ3) is 3.38. The van der Waals surface area contributed by atoms with Crippen LogP contribution in [0.5, 0.6) is 5.75 Å². The second-order valence-corrected chi connectivity index (χ2v) is 6.58. The Morgan fingerprint density at radius 1 is 1.15 bits per heavy atom. The lowest BCUT2D eigenvalue weighted by Crippen LogP contribution is -1.98. The molecule has 0 aliphatic heterocycles. The average Bonchev–Trinajstić information content (AvgIpc) is 2.43. The zero-order valence-electron chi connectivity index (χ0n) is 11.3. The minimum atomic E-state index is -0.181. The molecule has 0 aromatic heterocycles. The van der Waals surface area contributed by atoms with E-state index in [1.165, 1.54) is 0 Å². The maximum absolute atomic E-state index is 6.63. The van der Waals surface area contributed by atoms with Gasteiger partial charge in [-0.25, -0.2) is 0 Å². The van der Waals surface area contributed by atoms with E-state index in [1.807, 2.05) is 37.3 Å². The predicted octanol–water partition coefficient (Wildman–Crippen LogP) is 6.25. The van der Waals surface area contributed by atoms with E-state index in [0.29, 0.717) is 6.61 Å². The molecule has 0 spiro atoms. The van der Waals surface area contributed by atoms with E-state index in [1.54, 1.807) is 0 Å². The minimum absolute atomic E-state index is 0.181. The van der Waals surface area contributed by atoms with Crippen LogP contribution >= 0.6 is 43.5 Å². The van der Waals surface area contributed by atoms with Crippen LogP contribution in [0.1, 0.15) is 29.0 Å². The fourth-order valence-electron chi connectivity index (χ4n) is 2.03. The molecule has 0 saturated carbocycles. The fourth-order valence-corrected chi connectivity index (χ4v) is 3.29. The van der Waals surface area contributed by atoms with Crippen LogP contribution in [0.2, 0.25) is 0 Å². The molecule has 106 valence electrons. The summed E-state index contributed by atoms with van der Waals surface area (Å²) in [4.78, 5) is 0. The van der Waals surface area contributed by atoms with Gasteiger partial charge in [0.2, 0.25) is 0 Å². The van der Waals surface area contributed by atoms with Gasteiger partial charge in [-0.1, -0.05) is 34.1 Å². The van der Waals surface area contributed by atoms with Crippen molar-refractivity contribution in [2.45, 2.75) is 19.2 Å². The summed E-state index contributed by atoms with van der Waals surface area (Å²) < 4.78 is 7.52. The second kappa shape index (κ2) is 6.97. The topological polar surface area (TPSA) is 9.23 Å². The van der Waals surface area contributed by atoms with E-state index in [4.69, 9.17) is 16.3 Å². The van der Waals surface area contributed by atoms with Gasteiger partial charge in [0.1, 0.15) is 5.75 Å². The number of hydrogen-bond donors (Lipinski definition) is 0.